The number of hydrogen-bond donors (Lipinski definition) is 1. The summed E-state index contributed by atoms with van der Waals surface area (Å²) in [4.78, 5) is 0. The van der Waals surface area contributed by atoms with Crippen molar-refractivity contribution < 1.29 is 5.11 Å². The van der Waals surface area contributed by atoms with Gasteiger partial charge in [0.05, 0.1) is 6.10 Å². The first-order valence-corrected chi connectivity index (χ1v) is 7.41. The Hall–Kier alpha value is -0.340. The van der Waals surface area contributed by atoms with Gasteiger partial charge in [-0.1, -0.05) is 59.8 Å². The van der Waals surface area contributed by atoms with Crippen LogP contribution in [0.5, 0.6) is 0 Å². The van der Waals surface area contributed by atoms with Gasteiger partial charge in [-0.05, 0) is 36.8 Å². The van der Waals surface area contributed by atoms with Crippen LogP contribution >= 0.6 is 15.9 Å². The Morgan fingerprint density at radius 1 is 1.35 bits per heavy atom. The van der Waals surface area contributed by atoms with Gasteiger partial charge in [0.25, 0.3) is 0 Å². The van der Waals surface area contributed by atoms with Crippen molar-refractivity contribution in [3.63, 3.8) is 0 Å². The van der Waals surface area contributed by atoms with Crippen molar-refractivity contribution >= 4 is 15.9 Å². The molecule has 0 aromatic heterocycles. The standard InChI is InChI=1S/C15H21BrO/c1-11-5-4-8-13(15(11)16)14(17)10-9-12-6-2-3-7-12/h4-5,8,12,14,17H,2-3,6-7,9-10H2,1H3. The summed E-state index contributed by atoms with van der Waals surface area (Å²) in [7, 11) is 0. The fraction of sp³-hybridized carbons (Fsp3) is 0.600. The van der Waals surface area contributed by atoms with Gasteiger partial charge in [-0.15, -0.1) is 0 Å². The van der Waals surface area contributed by atoms with Gasteiger partial charge < -0.3 is 5.11 Å². The molecule has 0 saturated heterocycles. The lowest BCUT2D eigenvalue weighted by molar-refractivity contribution is 0.156. The van der Waals surface area contributed by atoms with Crippen molar-refractivity contribution in [2.45, 2.75) is 51.6 Å². The molecule has 17 heavy (non-hydrogen) atoms. The molecule has 0 heterocycles. The molecule has 1 aromatic rings. The van der Waals surface area contributed by atoms with E-state index in [0.29, 0.717) is 0 Å². The summed E-state index contributed by atoms with van der Waals surface area (Å²) in [5.74, 6) is 0.855. The van der Waals surface area contributed by atoms with E-state index in [1.165, 1.54) is 37.7 Å². The third kappa shape index (κ3) is 3.32. The summed E-state index contributed by atoms with van der Waals surface area (Å²) < 4.78 is 1.07. The summed E-state index contributed by atoms with van der Waals surface area (Å²) in [6, 6.07) is 6.11. The van der Waals surface area contributed by atoms with Crippen molar-refractivity contribution in [1.29, 1.82) is 0 Å². The highest BCUT2D eigenvalue weighted by Gasteiger charge is 2.18. The molecule has 0 spiro atoms. The lowest BCUT2D eigenvalue weighted by Gasteiger charge is -2.16. The molecule has 1 atom stereocenters. The minimum Gasteiger partial charge on any atom is -0.388 e. The third-order valence-electron chi connectivity index (χ3n) is 3.90. The smallest absolute Gasteiger partial charge is 0.0801 e. The van der Waals surface area contributed by atoms with E-state index in [1.54, 1.807) is 0 Å². The van der Waals surface area contributed by atoms with Crippen molar-refractivity contribution in [2.24, 2.45) is 5.92 Å². The van der Waals surface area contributed by atoms with E-state index < -0.39 is 0 Å². The first kappa shape index (κ1) is 13.1. The van der Waals surface area contributed by atoms with Crippen LogP contribution in [0.4, 0.5) is 0 Å². The fourth-order valence-electron chi connectivity index (χ4n) is 2.78. The molecule has 0 aliphatic heterocycles. The molecule has 1 aliphatic carbocycles. The van der Waals surface area contributed by atoms with Crippen LogP contribution in [0.2, 0.25) is 0 Å². The Morgan fingerprint density at radius 3 is 2.76 bits per heavy atom. The number of halogens is 1. The Morgan fingerprint density at radius 2 is 2.06 bits per heavy atom. The van der Waals surface area contributed by atoms with E-state index in [2.05, 4.69) is 28.9 Å². The number of aliphatic hydroxyl groups is 1. The van der Waals surface area contributed by atoms with Crippen LogP contribution in [0, 0.1) is 12.8 Å². The van der Waals surface area contributed by atoms with Crippen LogP contribution in [0.15, 0.2) is 22.7 Å². The lowest BCUT2D eigenvalue weighted by atomic mass is 9.96. The highest BCUT2D eigenvalue weighted by atomic mass is 79.9. The number of benzene rings is 1. The average Bonchev–Trinajstić information content (AvgIpc) is 2.82. The number of aryl methyl sites for hydroxylation is 1. The lowest BCUT2D eigenvalue weighted by Crippen LogP contribution is -2.03. The van der Waals surface area contributed by atoms with Crippen LogP contribution in [0.25, 0.3) is 0 Å². The Balaban J connectivity index is 1.94. The predicted octanol–water partition coefficient (Wildman–Crippen LogP) is 4.76. The summed E-state index contributed by atoms with van der Waals surface area (Å²) in [6.07, 6.45) is 7.24. The van der Waals surface area contributed by atoms with Gasteiger partial charge in [-0.2, -0.15) is 0 Å². The zero-order valence-electron chi connectivity index (χ0n) is 10.5. The summed E-state index contributed by atoms with van der Waals surface area (Å²) in [5, 5.41) is 10.3. The van der Waals surface area contributed by atoms with Crippen molar-refractivity contribution in [2.75, 3.05) is 0 Å². The van der Waals surface area contributed by atoms with Gasteiger partial charge in [0.1, 0.15) is 0 Å². The molecular weight excluding hydrogens is 276 g/mol. The summed E-state index contributed by atoms with van der Waals surface area (Å²) in [5.41, 5.74) is 2.24. The fourth-order valence-corrected chi connectivity index (χ4v) is 3.30. The largest absolute Gasteiger partial charge is 0.388 e. The summed E-state index contributed by atoms with van der Waals surface area (Å²) in [6.45, 7) is 2.07. The molecule has 0 bridgehead atoms. The van der Waals surface area contributed by atoms with Crippen LogP contribution in [-0.2, 0) is 0 Å². The monoisotopic (exact) mass is 296 g/mol. The van der Waals surface area contributed by atoms with Gasteiger partial charge >= 0.3 is 0 Å². The van der Waals surface area contributed by atoms with E-state index >= 15 is 0 Å². The predicted molar refractivity (Wildman–Crippen MR) is 75.0 cm³/mol. The molecule has 94 valence electrons. The molecule has 1 aliphatic rings. The highest BCUT2D eigenvalue weighted by molar-refractivity contribution is 9.10. The van der Waals surface area contributed by atoms with Crippen LogP contribution in [-0.4, -0.2) is 5.11 Å². The van der Waals surface area contributed by atoms with Gasteiger partial charge in [-0.3, -0.25) is 0 Å². The van der Waals surface area contributed by atoms with Gasteiger partial charge in [0.2, 0.25) is 0 Å². The zero-order chi connectivity index (χ0) is 12.3. The van der Waals surface area contributed by atoms with Crippen molar-refractivity contribution in [3.05, 3.63) is 33.8 Å². The summed E-state index contributed by atoms with van der Waals surface area (Å²) >= 11 is 3.57. The molecule has 2 heteroatoms. The molecule has 1 N–H and O–H groups in total. The molecular formula is C15H21BrO. The maximum absolute atomic E-state index is 10.3. The second kappa shape index (κ2) is 6.01. The molecule has 1 aromatic carbocycles. The average molecular weight is 297 g/mol. The van der Waals surface area contributed by atoms with E-state index in [1.807, 2.05) is 12.1 Å². The maximum Gasteiger partial charge on any atom is 0.0801 e. The number of rotatable bonds is 4. The van der Waals surface area contributed by atoms with E-state index in [9.17, 15) is 5.11 Å². The first-order chi connectivity index (χ1) is 8.18. The van der Waals surface area contributed by atoms with Gasteiger partial charge in [-0.25, -0.2) is 0 Å². The van der Waals surface area contributed by atoms with Crippen molar-refractivity contribution in [1.82, 2.24) is 0 Å². The highest BCUT2D eigenvalue weighted by Crippen LogP contribution is 2.33. The number of aliphatic hydroxyl groups excluding tert-OH is 1. The first-order valence-electron chi connectivity index (χ1n) is 6.61. The van der Waals surface area contributed by atoms with Crippen LogP contribution < -0.4 is 0 Å². The Labute approximate surface area is 112 Å². The minimum absolute atomic E-state index is 0.315. The van der Waals surface area contributed by atoms with Gasteiger partial charge in [0.15, 0.2) is 0 Å². The SMILES string of the molecule is Cc1cccc(C(O)CCC2CCCC2)c1Br. The van der Waals surface area contributed by atoms with Crippen LogP contribution in [0.3, 0.4) is 0 Å². The van der Waals surface area contributed by atoms with E-state index in [0.717, 1.165) is 22.4 Å². The normalized spacial score (nSPS) is 18.5. The Bertz CT molecular complexity index is 369. The second-order valence-electron chi connectivity index (χ2n) is 5.22. The number of hydrogen-bond acceptors (Lipinski definition) is 1. The molecule has 1 fully saturated rings. The molecule has 0 amide bonds. The molecule has 1 nitrogen and oxygen atoms in total. The second-order valence-corrected chi connectivity index (χ2v) is 6.01. The topological polar surface area (TPSA) is 20.2 Å². The zero-order valence-corrected chi connectivity index (χ0v) is 12.0. The van der Waals surface area contributed by atoms with E-state index in [4.69, 9.17) is 0 Å². The molecule has 1 saturated carbocycles. The maximum atomic E-state index is 10.3. The molecule has 0 radical (unpaired) electrons. The van der Waals surface area contributed by atoms with Crippen molar-refractivity contribution in [3.8, 4) is 0 Å². The third-order valence-corrected chi connectivity index (χ3v) is 4.99. The minimum atomic E-state index is -0.315. The van der Waals surface area contributed by atoms with Gasteiger partial charge in [0, 0.05) is 4.47 Å². The van der Waals surface area contributed by atoms with E-state index in [-0.39, 0.29) is 6.10 Å². The quantitative estimate of drug-likeness (QED) is 0.849. The molecule has 1 unspecified atom stereocenters. The molecule has 2 rings (SSSR count). The Kier molecular flexibility index (Phi) is 4.63. The van der Waals surface area contributed by atoms with Crippen LogP contribution in [0.1, 0.15) is 55.8 Å².